The van der Waals surface area contributed by atoms with Crippen LogP contribution in [0.2, 0.25) is 0 Å². The van der Waals surface area contributed by atoms with Crippen LogP contribution in [0.15, 0.2) is 24.3 Å². The summed E-state index contributed by atoms with van der Waals surface area (Å²) < 4.78 is 11.4. The fourth-order valence-corrected chi connectivity index (χ4v) is 4.24. The molecule has 1 aromatic rings. The first-order valence-corrected chi connectivity index (χ1v) is 12.0. The van der Waals surface area contributed by atoms with Gasteiger partial charge in [0.1, 0.15) is 6.10 Å². The second-order valence-corrected chi connectivity index (χ2v) is 8.88. The van der Waals surface area contributed by atoms with Crippen molar-refractivity contribution in [3.63, 3.8) is 0 Å². The van der Waals surface area contributed by atoms with Gasteiger partial charge in [0.25, 0.3) is 0 Å². The van der Waals surface area contributed by atoms with Crippen molar-refractivity contribution in [2.24, 2.45) is 5.92 Å². The molecular formula is C26H42O3. The summed E-state index contributed by atoms with van der Waals surface area (Å²) in [5.74, 6) is 1.32. The molecule has 1 fully saturated rings. The molecule has 29 heavy (non-hydrogen) atoms. The summed E-state index contributed by atoms with van der Waals surface area (Å²) in [7, 11) is 0. The molecule has 1 aromatic carbocycles. The van der Waals surface area contributed by atoms with Crippen molar-refractivity contribution in [3.05, 3.63) is 35.4 Å². The minimum Gasteiger partial charge on any atom is -0.456 e. The topological polar surface area (TPSA) is 35.5 Å². The lowest BCUT2D eigenvalue weighted by atomic mass is 9.77. The Labute approximate surface area is 178 Å². The fraction of sp³-hybridized carbons (Fsp3) is 0.731. The molecule has 0 bridgehead atoms. The van der Waals surface area contributed by atoms with Crippen molar-refractivity contribution < 1.29 is 14.3 Å². The first-order valence-electron chi connectivity index (χ1n) is 12.0. The molecule has 1 aliphatic rings. The molecule has 1 saturated carbocycles. The molecule has 0 heterocycles. The standard InChI is InChI=1S/C26H42O3/c1-5-7-9-10-22-11-13-23(14-12-22)24-15-17-25(18-16-24)26(27)29-21(4)20(3)28-19-8-6-2/h15-18,20-23H,5-14,19H2,1-4H3. The van der Waals surface area contributed by atoms with E-state index in [0.717, 1.165) is 25.4 Å². The Kier molecular flexibility index (Phi) is 10.8. The monoisotopic (exact) mass is 402 g/mol. The van der Waals surface area contributed by atoms with Crippen LogP contribution < -0.4 is 0 Å². The van der Waals surface area contributed by atoms with Gasteiger partial charge in [-0.05, 0) is 75.5 Å². The minimum atomic E-state index is -0.255. The first kappa shape index (κ1) is 23.9. The molecule has 0 aliphatic heterocycles. The van der Waals surface area contributed by atoms with Gasteiger partial charge in [-0.15, -0.1) is 0 Å². The van der Waals surface area contributed by atoms with E-state index >= 15 is 0 Å². The van der Waals surface area contributed by atoms with E-state index < -0.39 is 0 Å². The van der Waals surface area contributed by atoms with Crippen LogP contribution >= 0.6 is 0 Å². The van der Waals surface area contributed by atoms with E-state index in [4.69, 9.17) is 9.47 Å². The summed E-state index contributed by atoms with van der Waals surface area (Å²) in [6.45, 7) is 9.01. The second-order valence-electron chi connectivity index (χ2n) is 8.88. The predicted octanol–water partition coefficient (Wildman–Crippen LogP) is 7.29. The Bertz CT molecular complexity index is 572. The van der Waals surface area contributed by atoms with Crippen molar-refractivity contribution >= 4 is 5.97 Å². The highest BCUT2D eigenvalue weighted by molar-refractivity contribution is 5.89. The third-order valence-corrected chi connectivity index (χ3v) is 6.51. The summed E-state index contributed by atoms with van der Waals surface area (Å²) >= 11 is 0. The number of unbranched alkanes of at least 4 members (excludes halogenated alkanes) is 3. The minimum absolute atomic E-state index is 0.0858. The van der Waals surface area contributed by atoms with Crippen molar-refractivity contribution in [2.45, 2.75) is 110 Å². The molecule has 3 nitrogen and oxygen atoms in total. The van der Waals surface area contributed by atoms with Crippen molar-refractivity contribution in [2.75, 3.05) is 6.61 Å². The van der Waals surface area contributed by atoms with E-state index in [9.17, 15) is 4.79 Å². The van der Waals surface area contributed by atoms with Crippen molar-refractivity contribution in [1.29, 1.82) is 0 Å². The average Bonchev–Trinajstić information content (AvgIpc) is 2.74. The number of ether oxygens (including phenoxy) is 2. The molecule has 0 saturated heterocycles. The van der Waals surface area contributed by atoms with Gasteiger partial charge in [-0.3, -0.25) is 0 Å². The van der Waals surface area contributed by atoms with Crippen LogP contribution in [0.5, 0.6) is 0 Å². The average molecular weight is 403 g/mol. The molecule has 164 valence electrons. The first-order chi connectivity index (χ1) is 14.0. The van der Waals surface area contributed by atoms with Gasteiger partial charge in [-0.1, -0.05) is 58.1 Å². The van der Waals surface area contributed by atoms with Gasteiger partial charge in [0, 0.05) is 6.61 Å². The van der Waals surface area contributed by atoms with E-state index in [0.29, 0.717) is 11.5 Å². The quantitative estimate of drug-likeness (QED) is 0.272. The van der Waals surface area contributed by atoms with Crippen LogP contribution in [0.1, 0.15) is 114 Å². The number of carbonyl (C=O) groups excluding carboxylic acids is 1. The summed E-state index contributed by atoms with van der Waals surface area (Å²) in [5, 5.41) is 0. The molecule has 1 aliphatic carbocycles. The molecule has 0 amide bonds. The van der Waals surface area contributed by atoms with Crippen LogP contribution in [-0.4, -0.2) is 24.8 Å². The van der Waals surface area contributed by atoms with Gasteiger partial charge in [0.05, 0.1) is 11.7 Å². The van der Waals surface area contributed by atoms with Crippen molar-refractivity contribution in [1.82, 2.24) is 0 Å². The van der Waals surface area contributed by atoms with Gasteiger partial charge in [0.2, 0.25) is 0 Å². The molecule has 2 unspecified atom stereocenters. The Morgan fingerprint density at radius 2 is 1.59 bits per heavy atom. The maximum atomic E-state index is 12.5. The van der Waals surface area contributed by atoms with Crippen LogP contribution in [0.4, 0.5) is 0 Å². The van der Waals surface area contributed by atoms with E-state index in [-0.39, 0.29) is 18.2 Å². The Hall–Kier alpha value is -1.35. The lowest BCUT2D eigenvalue weighted by molar-refractivity contribution is -0.0384. The highest BCUT2D eigenvalue weighted by atomic mass is 16.6. The van der Waals surface area contributed by atoms with Gasteiger partial charge < -0.3 is 9.47 Å². The van der Waals surface area contributed by atoms with Crippen molar-refractivity contribution in [3.8, 4) is 0 Å². The summed E-state index contributed by atoms with van der Waals surface area (Å²) in [6.07, 6.45) is 12.6. The van der Waals surface area contributed by atoms with E-state index in [1.54, 1.807) is 0 Å². The molecule has 3 heteroatoms. The second kappa shape index (κ2) is 13.1. The smallest absolute Gasteiger partial charge is 0.338 e. The highest BCUT2D eigenvalue weighted by Crippen LogP contribution is 2.37. The summed E-state index contributed by atoms with van der Waals surface area (Å²) in [4.78, 5) is 12.5. The maximum Gasteiger partial charge on any atom is 0.338 e. The van der Waals surface area contributed by atoms with Crippen LogP contribution in [0.3, 0.4) is 0 Å². The van der Waals surface area contributed by atoms with Gasteiger partial charge >= 0.3 is 5.97 Å². The molecular weight excluding hydrogens is 360 g/mol. The van der Waals surface area contributed by atoms with Gasteiger partial charge in [0.15, 0.2) is 0 Å². The molecule has 2 atom stereocenters. The number of hydrogen-bond donors (Lipinski definition) is 0. The zero-order valence-electron chi connectivity index (χ0n) is 19.1. The number of benzene rings is 1. The van der Waals surface area contributed by atoms with Gasteiger partial charge in [-0.2, -0.15) is 0 Å². The maximum absolute atomic E-state index is 12.5. The lowest BCUT2D eigenvalue weighted by Crippen LogP contribution is -2.29. The normalized spacial score (nSPS) is 21.5. The highest BCUT2D eigenvalue weighted by Gasteiger charge is 2.23. The Morgan fingerprint density at radius 1 is 0.931 bits per heavy atom. The number of esters is 1. The zero-order chi connectivity index (χ0) is 21.1. The third-order valence-electron chi connectivity index (χ3n) is 6.51. The number of carbonyl (C=O) groups is 1. The van der Waals surface area contributed by atoms with Crippen LogP contribution in [0, 0.1) is 5.92 Å². The van der Waals surface area contributed by atoms with Gasteiger partial charge in [-0.25, -0.2) is 4.79 Å². The summed E-state index contributed by atoms with van der Waals surface area (Å²) in [5.41, 5.74) is 2.01. The Balaban J connectivity index is 1.78. The zero-order valence-corrected chi connectivity index (χ0v) is 19.1. The largest absolute Gasteiger partial charge is 0.456 e. The summed E-state index contributed by atoms with van der Waals surface area (Å²) in [6, 6.07) is 8.12. The van der Waals surface area contributed by atoms with E-state index in [1.165, 1.54) is 56.9 Å². The predicted molar refractivity (Wildman–Crippen MR) is 120 cm³/mol. The van der Waals surface area contributed by atoms with E-state index in [1.807, 2.05) is 26.0 Å². The molecule has 0 N–H and O–H groups in total. The molecule has 0 spiro atoms. The van der Waals surface area contributed by atoms with Crippen LogP contribution in [-0.2, 0) is 9.47 Å². The fourth-order valence-electron chi connectivity index (χ4n) is 4.24. The SMILES string of the molecule is CCCCCC1CCC(c2ccc(C(=O)OC(C)C(C)OCCCC)cc2)CC1. The lowest BCUT2D eigenvalue weighted by Gasteiger charge is -2.29. The van der Waals surface area contributed by atoms with E-state index in [2.05, 4.69) is 26.0 Å². The molecule has 0 radical (unpaired) electrons. The third kappa shape index (κ3) is 8.12. The Morgan fingerprint density at radius 3 is 2.21 bits per heavy atom. The van der Waals surface area contributed by atoms with Crippen LogP contribution in [0.25, 0.3) is 0 Å². The molecule has 0 aromatic heterocycles. The number of rotatable bonds is 12. The molecule has 2 rings (SSSR count). The number of hydrogen-bond acceptors (Lipinski definition) is 3.